The van der Waals surface area contributed by atoms with Crippen molar-refractivity contribution in [1.82, 2.24) is 14.8 Å². The lowest BCUT2D eigenvalue weighted by Crippen LogP contribution is -2.06. The van der Waals surface area contributed by atoms with Crippen LogP contribution in [0, 0.1) is 35.3 Å². The summed E-state index contributed by atoms with van der Waals surface area (Å²) in [5.41, 5.74) is 3.90. The molecule has 2 fully saturated rings. The molecule has 216 valence electrons. The molecule has 0 radical (unpaired) electrons. The number of aromatic nitrogens is 3. The lowest BCUT2D eigenvalue weighted by atomic mass is 9.96. The number of nitrogens with zero attached hydrogens (tertiary/aromatic N) is 3. The van der Waals surface area contributed by atoms with Gasteiger partial charge in [-0.2, -0.15) is 5.10 Å². The normalized spacial score (nSPS) is 15.1. The Morgan fingerprint density at radius 1 is 1.07 bits per heavy atom. The third-order valence-electron chi connectivity index (χ3n) is 7.97. The Hall–Kier alpha value is -3.52. The summed E-state index contributed by atoms with van der Waals surface area (Å²) < 4.78 is 40.6. The lowest BCUT2D eigenvalue weighted by Gasteiger charge is -2.10. The molecule has 2 saturated carbocycles. The summed E-state index contributed by atoms with van der Waals surface area (Å²) >= 11 is 1.55. The van der Waals surface area contributed by atoms with E-state index in [0.29, 0.717) is 64.2 Å². The van der Waals surface area contributed by atoms with Gasteiger partial charge in [-0.1, -0.05) is 30.7 Å². The summed E-state index contributed by atoms with van der Waals surface area (Å²) in [7, 11) is 0. The molecular weight excluding hydrogens is 577 g/mol. The van der Waals surface area contributed by atoms with Gasteiger partial charge in [-0.25, -0.2) is 23.2 Å². The van der Waals surface area contributed by atoms with Crippen LogP contribution in [0.15, 0.2) is 46.7 Å². The number of halogens is 2. The van der Waals surface area contributed by atoms with E-state index in [1.807, 2.05) is 0 Å². The molecule has 0 bridgehead atoms. The maximum absolute atomic E-state index is 14.9. The minimum atomic E-state index is -1.12. The highest BCUT2D eigenvalue weighted by Gasteiger charge is 2.29. The minimum Gasteiger partial charge on any atom is -0.476 e. The third kappa shape index (κ3) is 6.28. The summed E-state index contributed by atoms with van der Waals surface area (Å²) in [4.78, 5) is 16.0. The average molecular weight is 606 g/mol. The third-order valence-corrected chi connectivity index (χ3v) is 9.31. The summed E-state index contributed by atoms with van der Waals surface area (Å²) in [6.45, 7) is 0. The van der Waals surface area contributed by atoms with E-state index in [1.165, 1.54) is 60.6 Å². The van der Waals surface area contributed by atoms with Crippen molar-refractivity contribution in [1.29, 1.82) is 0 Å². The molecule has 0 aliphatic heterocycles. The zero-order valence-corrected chi connectivity index (χ0v) is 24.4. The Kier molecular flexibility index (Phi) is 8.43. The van der Waals surface area contributed by atoms with Crippen LogP contribution in [-0.4, -0.2) is 30.4 Å². The Labute approximate surface area is 251 Å². The molecule has 2 aromatic carbocycles. The molecule has 42 heavy (non-hydrogen) atoms. The fraction of sp³-hybridized carbons (Fsp3) is 0.344. The Balaban J connectivity index is 1.46. The molecule has 0 amide bonds. The number of aromatic carboxylic acids is 1. The van der Waals surface area contributed by atoms with E-state index in [1.54, 1.807) is 22.9 Å². The van der Waals surface area contributed by atoms with Crippen molar-refractivity contribution in [2.75, 3.05) is 0 Å². The van der Waals surface area contributed by atoms with Crippen LogP contribution in [0.25, 0.3) is 16.4 Å². The zero-order chi connectivity index (χ0) is 29.2. The predicted molar refractivity (Wildman–Crippen MR) is 159 cm³/mol. The molecular formula is C32H29F2N3O3S2. The van der Waals surface area contributed by atoms with Crippen LogP contribution in [0.2, 0.25) is 0 Å². The van der Waals surface area contributed by atoms with Crippen LogP contribution >= 0.6 is 23.4 Å². The van der Waals surface area contributed by atoms with Crippen LogP contribution < -0.4 is 0 Å². The zero-order valence-electron chi connectivity index (χ0n) is 22.8. The van der Waals surface area contributed by atoms with Crippen molar-refractivity contribution >= 4 is 29.3 Å². The first-order valence-corrected chi connectivity index (χ1v) is 15.7. The first-order chi connectivity index (χ1) is 20.4. The number of carboxylic acid groups (broad SMARTS) is 1. The largest absolute Gasteiger partial charge is 0.476 e. The van der Waals surface area contributed by atoms with E-state index < -0.39 is 17.6 Å². The average Bonchev–Trinajstić information content (AvgIpc) is 3.32. The predicted octanol–water partition coefficient (Wildman–Crippen LogP) is 8.01. The first kappa shape index (κ1) is 28.6. The number of carbonyl (C=O) groups is 1. The van der Waals surface area contributed by atoms with Crippen LogP contribution in [-0.2, 0) is 12.8 Å². The second kappa shape index (κ2) is 12.4. The lowest BCUT2D eigenvalue weighted by molar-refractivity contribution is 0.0691. The molecule has 2 aliphatic rings. The van der Waals surface area contributed by atoms with Crippen molar-refractivity contribution in [3.05, 3.63) is 81.5 Å². The van der Waals surface area contributed by atoms with Crippen molar-refractivity contribution in [2.45, 2.75) is 62.7 Å². The van der Waals surface area contributed by atoms with E-state index >= 15 is 0 Å². The number of rotatable bonds is 9. The number of hydrogen-bond acceptors (Lipinski definition) is 6. The SMILES string of the molecule is O=C(O)c1csc(-n2nc(-c3ccc(F)c(C#CCC4CCCC4)c3)c(Cc3ccc(SO)c(F)c3)c2CC2CC2)n1. The van der Waals surface area contributed by atoms with Crippen molar-refractivity contribution < 1.29 is 23.2 Å². The van der Waals surface area contributed by atoms with Crippen LogP contribution in [0.4, 0.5) is 8.78 Å². The van der Waals surface area contributed by atoms with Gasteiger partial charge in [0, 0.05) is 41.4 Å². The molecule has 0 atom stereocenters. The Morgan fingerprint density at radius 3 is 2.57 bits per heavy atom. The molecule has 0 spiro atoms. The fourth-order valence-electron chi connectivity index (χ4n) is 5.53. The monoisotopic (exact) mass is 605 g/mol. The Bertz CT molecular complexity index is 1690. The molecule has 6 rings (SSSR count). The number of hydrogen-bond donors (Lipinski definition) is 2. The van der Waals surface area contributed by atoms with Gasteiger partial charge in [0.15, 0.2) is 5.69 Å². The van der Waals surface area contributed by atoms with Gasteiger partial charge >= 0.3 is 5.97 Å². The van der Waals surface area contributed by atoms with Crippen LogP contribution in [0.3, 0.4) is 0 Å². The van der Waals surface area contributed by atoms with E-state index in [-0.39, 0.29) is 10.6 Å². The standard InChI is InChI=1S/C32H29F2N3O3S2/c33-25-12-11-23(17-22(25)7-3-6-19-4-1-2-5-19)30-24(14-21-10-13-29(42-40)26(34)15-21)28(16-20-8-9-20)37(36-30)32-35-27(18-41-32)31(38)39/h10-13,15,17-20,40H,1-2,4-6,8-9,14,16H2,(H,38,39). The highest BCUT2D eigenvalue weighted by atomic mass is 32.2. The Morgan fingerprint density at radius 2 is 1.88 bits per heavy atom. The minimum absolute atomic E-state index is 0.0632. The molecule has 2 aromatic heterocycles. The highest BCUT2D eigenvalue weighted by Crippen LogP contribution is 2.38. The van der Waals surface area contributed by atoms with Gasteiger partial charge in [-0.05, 0) is 79.8 Å². The summed E-state index contributed by atoms with van der Waals surface area (Å²) in [5.74, 6) is 5.21. The molecule has 2 heterocycles. The van der Waals surface area contributed by atoms with Crippen LogP contribution in [0.1, 0.15) is 77.8 Å². The highest BCUT2D eigenvalue weighted by molar-refractivity contribution is 7.93. The van der Waals surface area contributed by atoms with Gasteiger partial charge in [-0.3, -0.25) is 0 Å². The van der Waals surface area contributed by atoms with Gasteiger partial charge in [0.2, 0.25) is 5.13 Å². The number of benzene rings is 2. The van der Waals surface area contributed by atoms with E-state index in [9.17, 15) is 23.2 Å². The second-order valence-electron chi connectivity index (χ2n) is 11.0. The summed E-state index contributed by atoms with van der Waals surface area (Å²) in [6.07, 6.45) is 8.72. The van der Waals surface area contributed by atoms with Crippen molar-refractivity contribution in [3.63, 3.8) is 0 Å². The maximum atomic E-state index is 14.9. The molecule has 2 aliphatic carbocycles. The maximum Gasteiger partial charge on any atom is 0.355 e. The van der Waals surface area contributed by atoms with Crippen molar-refractivity contribution in [2.24, 2.45) is 11.8 Å². The summed E-state index contributed by atoms with van der Waals surface area (Å²) in [5, 5.41) is 16.3. The topological polar surface area (TPSA) is 88.2 Å². The van der Waals surface area contributed by atoms with Gasteiger partial charge in [0.05, 0.1) is 21.8 Å². The molecule has 6 nitrogen and oxygen atoms in total. The van der Waals surface area contributed by atoms with Gasteiger partial charge in [-0.15, -0.1) is 11.3 Å². The van der Waals surface area contributed by atoms with E-state index in [0.717, 1.165) is 30.5 Å². The molecule has 4 aromatic rings. The van der Waals surface area contributed by atoms with Gasteiger partial charge in [0.1, 0.15) is 11.6 Å². The number of carboxylic acids is 1. The molecule has 2 N–H and O–H groups in total. The van der Waals surface area contributed by atoms with Crippen molar-refractivity contribution in [3.8, 4) is 28.2 Å². The van der Waals surface area contributed by atoms with E-state index in [4.69, 9.17) is 5.10 Å². The fourth-order valence-corrected chi connectivity index (χ4v) is 6.58. The smallest absolute Gasteiger partial charge is 0.355 e. The van der Waals surface area contributed by atoms with Gasteiger partial charge < -0.3 is 9.66 Å². The molecule has 0 unspecified atom stereocenters. The number of thiazole rings is 1. The van der Waals surface area contributed by atoms with E-state index in [2.05, 4.69) is 16.8 Å². The molecule has 10 heteroatoms. The molecule has 0 saturated heterocycles. The van der Waals surface area contributed by atoms with Crippen LogP contribution in [0.5, 0.6) is 0 Å². The van der Waals surface area contributed by atoms with Gasteiger partial charge in [0.25, 0.3) is 0 Å². The summed E-state index contributed by atoms with van der Waals surface area (Å²) in [6, 6.07) is 9.49. The quantitative estimate of drug-likeness (QED) is 0.148. The second-order valence-corrected chi connectivity index (χ2v) is 12.5. The first-order valence-electron chi connectivity index (χ1n) is 14.1.